The molecule has 0 fully saturated rings. The third kappa shape index (κ3) is 4.40. The van der Waals surface area contributed by atoms with Gasteiger partial charge in [-0.3, -0.25) is 4.79 Å². The van der Waals surface area contributed by atoms with E-state index in [9.17, 15) is 10.1 Å². The molecule has 0 aliphatic carbocycles. The van der Waals surface area contributed by atoms with E-state index in [0.29, 0.717) is 27.0 Å². The number of nitrogens with zero attached hydrogens (tertiary/aromatic N) is 2. The van der Waals surface area contributed by atoms with Crippen molar-refractivity contribution in [3.8, 4) is 11.8 Å². The molecule has 0 radical (unpaired) electrons. The molecule has 0 unspecified atom stereocenters. The molecule has 0 saturated carbocycles. The third-order valence-corrected chi connectivity index (χ3v) is 4.47. The summed E-state index contributed by atoms with van der Waals surface area (Å²) >= 11 is 7.27. The van der Waals surface area contributed by atoms with Crippen LogP contribution in [0.15, 0.2) is 29.3 Å². The molecule has 24 heavy (non-hydrogen) atoms. The van der Waals surface area contributed by atoms with Gasteiger partial charge in [-0.25, -0.2) is 4.98 Å². The molecule has 1 aromatic heterocycles. The van der Waals surface area contributed by atoms with E-state index in [0.717, 1.165) is 11.3 Å². The maximum absolute atomic E-state index is 12.1. The van der Waals surface area contributed by atoms with Crippen LogP contribution in [0.25, 0.3) is 0 Å². The predicted octanol–water partition coefficient (Wildman–Crippen LogP) is 3.96. The standard InChI is InChI=1S/C17H16ClN3O2S/c1-10-6-11(2)20-17(13(10)8-19)24-9-16(22)21-12-4-5-15(23-3)14(18)7-12/h4-7H,9H2,1-3H3,(H,21,22). The van der Waals surface area contributed by atoms with Crippen LogP contribution in [0.1, 0.15) is 16.8 Å². The van der Waals surface area contributed by atoms with Crippen LogP contribution in [0.3, 0.4) is 0 Å². The number of ether oxygens (including phenoxy) is 1. The number of pyridine rings is 1. The number of nitriles is 1. The Kier molecular flexibility index (Phi) is 6.07. The highest BCUT2D eigenvalue weighted by atomic mass is 35.5. The van der Waals surface area contributed by atoms with Crippen molar-refractivity contribution in [2.24, 2.45) is 0 Å². The zero-order valence-corrected chi connectivity index (χ0v) is 15.1. The Hall–Kier alpha value is -2.23. The first-order chi connectivity index (χ1) is 11.4. The molecule has 1 amide bonds. The monoisotopic (exact) mass is 361 g/mol. The number of aryl methyl sites for hydroxylation is 2. The van der Waals surface area contributed by atoms with Gasteiger partial charge >= 0.3 is 0 Å². The lowest BCUT2D eigenvalue weighted by atomic mass is 10.1. The van der Waals surface area contributed by atoms with Gasteiger partial charge < -0.3 is 10.1 Å². The van der Waals surface area contributed by atoms with Crippen LogP contribution in [0.5, 0.6) is 5.75 Å². The van der Waals surface area contributed by atoms with Crippen LogP contribution >= 0.6 is 23.4 Å². The number of nitrogens with one attached hydrogen (secondary N) is 1. The highest BCUT2D eigenvalue weighted by Gasteiger charge is 2.12. The number of carbonyl (C=O) groups is 1. The van der Waals surface area contributed by atoms with E-state index < -0.39 is 0 Å². The molecule has 0 spiro atoms. The van der Waals surface area contributed by atoms with E-state index in [4.69, 9.17) is 16.3 Å². The fraction of sp³-hybridized carbons (Fsp3) is 0.235. The number of carbonyl (C=O) groups excluding carboxylic acids is 1. The van der Waals surface area contributed by atoms with Crippen molar-refractivity contribution < 1.29 is 9.53 Å². The number of thioether (sulfide) groups is 1. The first kappa shape index (κ1) is 18.1. The van der Waals surface area contributed by atoms with Crippen molar-refractivity contribution in [3.05, 3.63) is 46.1 Å². The second-order valence-electron chi connectivity index (χ2n) is 5.06. The Morgan fingerprint density at radius 1 is 1.42 bits per heavy atom. The fourth-order valence-corrected chi connectivity index (χ4v) is 3.28. The maximum atomic E-state index is 12.1. The quantitative estimate of drug-likeness (QED) is 0.816. The van der Waals surface area contributed by atoms with Crippen LogP contribution in [-0.4, -0.2) is 23.8 Å². The predicted molar refractivity (Wildman–Crippen MR) is 95.8 cm³/mol. The van der Waals surface area contributed by atoms with E-state index >= 15 is 0 Å². The van der Waals surface area contributed by atoms with Crippen molar-refractivity contribution in [1.29, 1.82) is 5.26 Å². The average molecular weight is 362 g/mol. The van der Waals surface area contributed by atoms with Gasteiger partial charge in [-0.2, -0.15) is 5.26 Å². The second kappa shape index (κ2) is 8.04. The first-order valence-electron chi connectivity index (χ1n) is 7.09. The SMILES string of the molecule is COc1ccc(NC(=O)CSc2nc(C)cc(C)c2C#N)cc1Cl. The zero-order chi connectivity index (χ0) is 17.7. The van der Waals surface area contributed by atoms with Crippen molar-refractivity contribution in [1.82, 2.24) is 4.98 Å². The van der Waals surface area contributed by atoms with Gasteiger partial charge in [-0.05, 0) is 43.7 Å². The highest BCUT2D eigenvalue weighted by Crippen LogP contribution is 2.28. The van der Waals surface area contributed by atoms with Gasteiger partial charge in [0, 0.05) is 11.4 Å². The third-order valence-electron chi connectivity index (χ3n) is 3.20. The molecule has 124 valence electrons. The van der Waals surface area contributed by atoms with Crippen LogP contribution in [0, 0.1) is 25.2 Å². The van der Waals surface area contributed by atoms with Gasteiger partial charge in [0.25, 0.3) is 0 Å². The molecule has 2 rings (SSSR count). The molecule has 0 bridgehead atoms. The number of halogens is 1. The van der Waals surface area contributed by atoms with Crippen molar-refractivity contribution >= 4 is 35.0 Å². The minimum Gasteiger partial charge on any atom is -0.495 e. The highest BCUT2D eigenvalue weighted by molar-refractivity contribution is 8.00. The lowest BCUT2D eigenvalue weighted by Gasteiger charge is -2.09. The Labute approximate surface area is 150 Å². The van der Waals surface area contributed by atoms with E-state index in [-0.39, 0.29) is 11.7 Å². The van der Waals surface area contributed by atoms with Gasteiger partial charge in [0.1, 0.15) is 16.8 Å². The Morgan fingerprint density at radius 2 is 2.17 bits per heavy atom. The number of benzene rings is 1. The van der Waals surface area contributed by atoms with E-state index in [2.05, 4.69) is 16.4 Å². The minimum absolute atomic E-state index is 0.147. The summed E-state index contributed by atoms with van der Waals surface area (Å²) in [6, 6.07) is 9.01. The van der Waals surface area contributed by atoms with Gasteiger partial charge in [0.15, 0.2) is 0 Å². The van der Waals surface area contributed by atoms with Gasteiger partial charge in [0.2, 0.25) is 5.91 Å². The van der Waals surface area contributed by atoms with E-state index in [1.165, 1.54) is 18.9 Å². The van der Waals surface area contributed by atoms with Gasteiger partial charge in [-0.15, -0.1) is 0 Å². The molecule has 0 saturated heterocycles. The Balaban J connectivity index is 2.04. The summed E-state index contributed by atoms with van der Waals surface area (Å²) in [5.74, 6) is 0.488. The average Bonchev–Trinajstić information content (AvgIpc) is 2.52. The number of anilines is 1. The Bertz CT molecular complexity index is 818. The summed E-state index contributed by atoms with van der Waals surface area (Å²) in [5, 5.41) is 13.0. The van der Waals surface area contributed by atoms with Crippen LogP contribution in [0.4, 0.5) is 5.69 Å². The molecular formula is C17H16ClN3O2S. The van der Waals surface area contributed by atoms with Crippen LogP contribution in [0.2, 0.25) is 5.02 Å². The fourth-order valence-electron chi connectivity index (χ4n) is 2.12. The van der Waals surface area contributed by atoms with Crippen LogP contribution in [-0.2, 0) is 4.79 Å². The van der Waals surface area contributed by atoms with E-state index in [1.54, 1.807) is 18.2 Å². The number of aromatic nitrogens is 1. The Morgan fingerprint density at radius 3 is 2.79 bits per heavy atom. The topological polar surface area (TPSA) is 75.0 Å². The van der Waals surface area contributed by atoms with Crippen molar-refractivity contribution in [2.75, 3.05) is 18.2 Å². The molecule has 1 heterocycles. The summed E-state index contributed by atoms with van der Waals surface area (Å²) in [5.41, 5.74) is 2.76. The van der Waals surface area contributed by atoms with Gasteiger partial charge in [-0.1, -0.05) is 23.4 Å². The smallest absolute Gasteiger partial charge is 0.234 e. The number of hydrogen-bond donors (Lipinski definition) is 1. The van der Waals surface area contributed by atoms with Gasteiger partial charge in [0.05, 0.1) is 23.4 Å². The van der Waals surface area contributed by atoms with E-state index in [1.807, 2.05) is 19.9 Å². The largest absolute Gasteiger partial charge is 0.495 e. The molecule has 0 atom stereocenters. The second-order valence-corrected chi connectivity index (χ2v) is 6.43. The molecule has 1 aromatic carbocycles. The lowest BCUT2D eigenvalue weighted by molar-refractivity contribution is -0.113. The molecule has 2 aromatic rings. The summed E-state index contributed by atoms with van der Waals surface area (Å²) in [4.78, 5) is 16.4. The molecular weight excluding hydrogens is 346 g/mol. The molecule has 0 aliphatic rings. The summed E-state index contributed by atoms with van der Waals surface area (Å²) < 4.78 is 5.07. The molecule has 0 aliphatic heterocycles. The first-order valence-corrected chi connectivity index (χ1v) is 8.45. The summed E-state index contributed by atoms with van der Waals surface area (Å²) in [6.45, 7) is 3.72. The zero-order valence-electron chi connectivity index (χ0n) is 13.5. The van der Waals surface area contributed by atoms with Crippen molar-refractivity contribution in [2.45, 2.75) is 18.9 Å². The number of rotatable bonds is 5. The normalized spacial score (nSPS) is 10.1. The number of hydrogen-bond acceptors (Lipinski definition) is 5. The maximum Gasteiger partial charge on any atom is 0.234 e. The summed E-state index contributed by atoms with van der Waals surface area (Å²) in [6.07, 6.45) is 0. The minimum atomic E-state index is -0.203. The van der Waals surface area contributed by atoms with Crippen molar-refractivity contribution in [3.63, 3.8) is 0 Å². The van der Waals surface area contributed by atoms with Crippen LogP contribution < -0.4 is 10.1 Å². The summed E-state index contributed by atoms with van der Waals surface area (Å²) in [7, 11) is 1.53. The number of methoxy groups -OCH3 is 1. The molecule has 7 heteroatoms. The number of amides is 1. The molecule has 1 N–H and O–H groups in total. The lowest BCUT2D eigenvalue weighted by Crippen LogP contribution is -2.14. The molecule has 5 nitrogen and oxygen atoms in total.